The number of nitrogens with zero attached hydrogens (tertiary/aromatic N) is 3. The topological polar surface area (TPSA) is 117 Å². The average molecular weight is 634 g/mol. The number of carbonyl (C=O) groups is 4. The number of halogens is 1. The van der Waals surface area contributed by atoms with Gasteiger partial charge in [-0.05, 0) is 43.2 Å². The van der Waals surface area contributed by atoms with Gasteiger partial charge in [0.05, 0.1) is 24.7 Å². The molecule has 6 rings (SSSR count). The van der Waals surface area contributed by atoms with Gasteiger partial charge >= 0.3 is 5.97 Å². The summed E-state index contributed by atoms with van der Waals surface area (Å²) >= 11 is 6.10. The number of cyclic esters (lactones) is 1. The van der Waals surface area contributed by atoms with Crippen LogP contribution in [0.25, 0.3) is 0 Å². The molecule has 0 unspecified atom stereocenters. The monoisotopic (exact) mass is 633 g/mol. The van der Waals surface area contributed by atoms with Crippen LogP contribution >= 0.6 is 11.6 Å². The van der Waals surface area contributed by atoms with Gasteiger partial charge in [-0.25, -0.2) is 0 Å². The molecule has 0 bridgehead atoms. The van der Waals surface area contributed by atoms with E-state index >= 15 is 0 Å². The number of hydrogen-bond donors (Lipinski definition) is 1. The van der Waals surface area contributed by atoms with E-state index in [-0.39, 0.29) is 32.0 Å². The first-order valence-electron chi connectivity index (χ1n) is 15.2. The van der Waals surface area contributed by atoms with Gasteiger partial charge in [0.1, 0.15) is 23.7 Å². The first-order chi connectivity index (χ1) is 21.7. The Morgan fingerprint density at radius 3 is 2.44 bits per heavy atom. The van der Waals surface area contributed by atoms with Crippen molar-refractivity contribution in [1.29, 1.82) is 0 Å². The van der Waals surface area contributed by atoms with Gasteiger partial charge in [0.25, 0.3) is 5.91 Å². The molecular weight excluding hydrogens is 598 g/mol. The van der Waals surface area contributed by atoms with Crippen LogP contribution in [0.2, 0.25) is 5.02 Å². The van der Waals surface area contributed by atoms with Crippen LogP contribution in [-0.2, 0) is 28.7 Å². The quantitative estimate of drug-likeness (QED) is 0.406. The maximum Gasteiger partial charge on any atom is 0.313 e. The smallest absolute Gasteiger partial charge is 0.313 e. The van der Waals surface area contributed by atoms with E-state index in [0.717, 1.165) is 0 Å². The molecule has 236 valence electrons. The number of carbonyl (C=O) groups excluding carboxylic acids is 4. The first-order valence-corrected chi connectivity index (χ1v) is 15.6. The molecule has 3 amide bonds. The van der Waals surface area contributed by atoms with E-state index in [2.05, 4.69) is 0 Å². The Labute approximate surface area is 266 Å². The van der Waals surface area contributed by atoms with Gasteiger partial charge in [-0.15, -0.1) is 0 Å². The standard InChI is InChI=1S/C34H36ClN3O7/c1-21-29(22-9-4-3-5-10-22)44-33(43)27-25(11-6-7-12-26(40)36(21)2)45-34-17-8-18-37(24-15-13-23(35)14-16-24)32(42)30(34)38(19-20-39)31(41)28(27)34/h3-6,8-11,13-17,21,25,27-30,39H,7,12,18-20H2,1-2H3/b11-6-/t21-,25-,27+,28+,29+,30-,34+/m1/s1. The van der Waals surface area contributed by atoms with Crippen molar-refractivity contribution in [1.82, 2.24) is 9.80 Å². The minimum absolute atomic E-state index is 0.0986. The van der Waals surface area contributed by atoms with Crippen LogP contribution in [-0.4, -0.2) is 89.1 Å². The molecule has 0 radical (unpaired) electrons. The van der Waals surface area contributed by atoms with Crippen molar-refractivity contribution in [3.63, 3.8) is 0 Å². The zero-order chi connectivity index (χ0) is 31.9. The highest BCUT2D eigenvalue weighted by Gasteiger charge is 2.71. The van der Waals surface area contributed by atoms with Gasteiger partial charge in [0.2, 0.25) is 11.8 Å². The Kier molecular flexibility index (Phi) is 8.56. The molecule has 11 heteroatoms. The normalized spacial score (nSPS) is 32.7. The van der Waals surface area contributed by atoms with E-state index in [4.69, 9.17) is 21.1 Å². The zero-order valence-electron chi connectivity index (χ0n) is 25.1. The van der Waals surface area contributed by atoms with Crippen LogP contribution in [0.5, 0.6) is 0 Å². The Balaban J connectivity index is 1.44. The molecule has 1 N–H and O–H groups in total. The van der Waals surface area contributed by atoms with Gasteiger partial charge in [0, 0.05) is 37.3 Å². The van der Waals surface area contributed by atoms with Crippen LogP contribution in [0.15, 0.2) is 78.9 Å². The highest BCUT2D eigenvalue weighted by atomic mass is 35.5. The summed E-state index contributed by atoms with van der Waals surface area (Å²) in [5.41, 5.74) is -0.205. The van der Waals surface area contributed by atoms with E-state index in [0.29, 0.717) is 22.7 Å². The number of hydrogen-bond acceptors (Lipinski definition) is 7. The van der Waals surface area contributed by atoms with E-state index in [1.807, 2.05) is 37.3 Å². The molecule has 10 nitrogen and oxygen atoms in total. The van der Waals surface area contributed by atoms with Crippen molar-refractivity contribution in [3.05, 3.63) is 89.5 Å². The summed E-state index contributed by atoms with van der Waals surface area (Å²) in [5.74, 6) is -3.80. The fourth-order valence-corrected chi connectivity index (χ4v) is 7.21. The minimum atomic E-state index is -1.50. The number of allylic oxidation sites excluding steroid dienone is 1. The Bertz CT molecular complexity index is 1530. The lowest BCUT2D eigenvalue weighted by Crippen LogP contribution is -2.55. The summed E-state index contributed by atoms with van der Waals surface area (Å²) < 4.78 is 12.9. The number of aliphatic hydroxyl groups excluding tert-OH is 1. The van der Waals surface area contributed by atoms with E-state index in [1.165, 1.54) is 4.90 Å². The lowest BCUT2D eigenvalue weighted by atomic mass is 9.77. The molecule has 0 saturated carbocycles. The predicted octanol–water partition coefficient (Wildman–Crippen LogP) is 3.30. The number of benzene rings is 2. The first kappa shape index (κ1) is 31.0. The highest BCUT2D eigenvalue weighted by molar-refractivity contribution is 6.30. The molecule has 0 aromatic heterocycles. The van der Waals surface area contributed by atoms with Crippen molar-refractivity contribution < 1.29 is 33.8 Å². The number of aliphatic hydroxyl groups is 1. The summed E-state index contributed by atoms with van der Waals surface area (Å²) in [7, 11) is 1.69. The van der Waals surface area contributed by atoms with E-state index < -0.39 is 59.5 Å². The van der Waals surface area contributed by atoms with Gasteiger partial charge in [0.15, 0.2) is 0 Å². The second kappa shape index (κ2) is 12.4. The fourth-order valence-electron chi connectivity index (χ4n) is 7.09. The number of anilines is 1. The highest BCUT2D eigenvalue weighted by Crippen LogP contribution is 2.53. The van der Waals surface area contributed by atoms with E-state index in [1.54, 1.807) is 65.4 Å². The summed E-state index contributed by atoms with van der Waals surface area (Å²) in [4.78, 5) is 60.5. The largest absolute Gasteiger partial charge is 0.455 e. The third kappa shape index (κ3) is 5.34. The molecule has 0 aliphatic carbocycles. The molecule has 2 saturated heterocycles. The van der Waals surface area contributed by atoms with Gasteiger partial charge < -0.3 is 29.3 Å². The summed E-state index contributed by atoms with van der Waals surface area (Å²) in [6.07, 6.45) is 5.91. The molecule has 1 spiro atoms. The SMILES string of the molecule is C[C@@H]1[C@@H](c2ccccc2)OC(=O)[C@@H]2[C@H]3C(=O)N(CCO)[C@@H]4C(=O)N(c5ccc(Cl)cc5)CC=C[C@]34O[C@@H]2/C=C\CCC(=O)N1C. The molecule has 4 aliphatic heterocycles. The van der Waals surface area contributed by atoms with Gasteiger partial charge in [-0.3, -0.25) is 19.2 Å². The third-order valence-electron chi connectivity index (χ3n) is 9.41. The average Bonchev–Trinajstić information content (AvgIpc) is 3.42. The number of ether oxygens (including phenoxy) is 2. The van der Waals surface area contributed by atoms with Crippen LogP contribution in [0.1, 0.15) is 31.4 Å². The third-order valence-corrected chi connectivity index (χ3v) is 9.66. The van der Waals surface area contributed by atoms with Crippen molar-refractivity contribution >= 4 is 41.0 Å². The van der Waals surface area contributed by atoms with Crippen molar-refractivity contribution in [2.75, 3.05) is 31.6 Å². The van der Waals surface area contributed by atoms with E-state index in [9.17, 15) is 24.3 Å². The summed E-state index contributed by atoms with van der Waals surface area (Å²) in [6, 6.07) is 14.3. The fraction of sp³-hybridized carbons (Fsp3) is 0.412. The Morgan fingerprint density at radius 1 is 1.00 bits per heavy atom. The number of rotatable bonds is 4. The number of esters is 1. The zero-order valence-corrected chi connectivity index (χ0v) is 25.9. The van der Waals surface area contributed by atoms with Crippen LogP contribution in [0.4, 0.5) is 5.69 Å². The summed E-state index contributed by atoms with van der Waals surface area (Å²) in [5, 5.41) is 10.5. The maximum absolute atomic E-state index is 14.4. The van der Waals surface area contributed by atoms with Gasteiger partial charge in [-0.2, -0.15) is 0 Å². The number of β-amino-alcohol motifs (C(OH)–C–C–N with tert-alkyl or cyclic N) is 1. The second-order valence-electron chi connectivity index (χ2n) is 11.9. The van der Waals surface area contributed by atoms with Crippen molar-refractivity contribution in [2.45, 2.75) is 49.7 Å². The second-order valence-corrected chi connectivity index (χ2v) is 12.3. The number of likely N-dealkylation sites (tertiary alicyclic amines) is 1. The molecule has 45 heavy (non-hydrogen) atoms. The lowest BCUT2D eigenvalue weighted by Gasteiger charge is -2.35. The minimum Gasteiger partial charge on any atom is -0.455 e. The molecule has 2 aromatic carbocycles. The van der Waals surface area contributed by atoms with Crippen LogP contribution in [0.3, 0.4) is 0 Å². The van der Waals surface area contributed by atoms with Crippen LogP contribution < -0.4 is 4.90 Å². The molecule has 2 aromatic rings. The number of likely N-dealkylation sites (N-methyl/N-ethyl adjacent to an activating group) is 1. The van der Waals surface area contributed by atoms with Crippen LogP contribution in [0, 0.1) is 11.8 Å². The lowest BCUT2D eigenvalue weighted by molar-refractivity contribution is -0.164. The Morgan fingerprint density at radius 2 is 1.73 bits per heavy atom. The molecule has 4 heterocycles. The maximum atomic E-state index is 14.4. The molecule has 4 aliphatic rings. The molecular formula is C34H36ClN3O7. The molecule has 2 fully saturated rings. The molecule has 7 atom stereocenters. The summed E-state index contributed by atoms with van der Waals surface area (Å²) in [6.45, 7) is 1.54. The number of amides is 3. The Hall–Kier alpha value is -3.99. The number of fused-ring (bicyclic) bond motifs is 2. The van der Waals surface area contributed by atoms with Crippen molar-refractivity contribution in [3.8, 4) is 0 Å². The van der Waals surface area contributed by atoms with Crippen molar-refractivity contribution in [2.24, 2.45) is 11.8 Å². The van der Waals surface area contributed by atoms with Gasteiger partial charge in [-0.1, -0.05) is 66.2 Å². The predicted molar refractivity (Wildman–Crippen MR) is 166 cm³/mol.